The molecular formula is C18H24N4O3. The van der Waals surface area contributed by atoms with E-state index in [2.05, 4.69) is 33.4 Å². The van der Waals surface area contributed by atoms with Gasteiger partial charge in [0, 0.05) is 51.0 Å². The number of hydrogen-bond donors (Lipinski definition) is 2. The molecule has 1 saturated heterocycles. The number of ether oxygens (including phenoxy) is 1. The molecule has 7 nitrogen and oxygen atoms in total. The molecule has 2 N–H and O–H groups in total. The summed E-state index contributed by atoms with van der Waals surface area (Å²) in [7, 11) is 2.09. The molecule has 1 fully saturated rings. The van der Waals surface area contributed by atoms with Crippen molar-refractivity contribution in [3.8, 4) is 18.1 Å². The molecule has 0 unspecified atom stereocenters. The van der Waals surface area contributed by atoms with Crippen LogP contribution in [0.4, 0.5) is 5.69 Å². The molecule has 0 saturated carbocycles. The quantitative estimate of drug-likeness (QED) is 0.561. The minimum absolute atomic E-state index is 0.143. The topological polar surface area (TPSA) is 73.9 Å². The zero-order valence-corrected chi connectivity index (χ0v) is 14.5. The van der Waals surface area contributed by atoms with Gasteiger partial charge < -0.3 is 20.3 Å². The molecular weight excluding hydrogens is 320 g/mol. The summed E-state index contributed by atoms with van der Waals surface area (Å²) in [5.74, 6) is 1.55. The molecule has 1 aliphatic heterocycles. The van der Waals surface area contributed by atoms with Crippen LogP contribution in [-0.4, -0.2) is 74.5 Å². The minimum atomic E-state index is -0.701. The highest BCUT2D eigenvalue weighted by atomic mass is 16.5. The number of nitrogens with zero attached hydrogens (tertiary/aromatic N) is 2. The summed E-state index contributed by atoms with van der Waals surface area (Å²) in [6.07, 6.45) is 5.14. The number of benzene rings is 1. The molecule has 0 aliphatic carbocycles. The largest absolute Gasteiger partial charge is 0.481 e. The van der Waals surface area contributed by atoms with Crippen molar-refractivity contribution in [3.05, 3.63) is 24.3 Å². The molecule has 2 amide bonds. The van der Waals surface area contributed by atoms with E-state index in [1.807, 2.05) is 0 Å². The zero-order chi connectivity index (χ0) is 18.1. The van der Waals surface area contributed by atoms with Crippen LogP contribution in [0, 0.1) is 12.3 Å². The van der Waals surface area contributed by atoms with Crippen molar-refractivity contribution in [2.75, 3.05) is 58.2 Å². The molecule has 1 aromatic carbocycles. The third-order valence-corrected chi connectivity index (χ3v) is 3.93. The molecule has 0 spiro atoms. The van der Waals surface area contributed by atoms with E-state index in [0.717, 1.165) is 32.7 Å². The second-order valence-electron chi connectivity index (χ2n) is 5.88. The molecule has 1 aromatic rings. The van der Waals surface area contributed by atoms with Gasteiger partial charge in [-0.1, -0.05) is 12.0 Å². The lowest BCUT2D eigenvalue weighted by atomic mass is 10.3. The molecule has 134 valence electrons. The second-order valence-corrected chi connectivity index (χ2v) is 5.88. The van der Waals surface area contributed by atoms with Crippen molar-refractivity contribution in [2.24, 2.45) is 0 Å². The lowest BCUT2D eigenvalue weighted by Crippen LogP contribution is -2.47. The number of piperazine rings is 1. The van der Waals surface area contributed by atoms with Gasteiger partial charge in [-0.25, -0.2) is 0 Å². The van der Waals surface area contributed by atoms with Crippen molar-refractivity contribution < 1.29 is 14.3 Å². The lowest BCUT2D eigenvalue weighted by molar-refractivity contribution is -0.136. The smallest absolute Gasteiger partial charge is 0.313 e. The monoisotopic (exact) mass is 344 g/mol. The number of carbonyl (C=O) groups is 2. The van der Waals surface area contributed by atoms with Gasteiger partial charge in [-0.2, -0.15) is 0 Å². The Kier molecular flexibility index (Phi) is 7.26. The summed E-state index contributed by atoms with van der Waals surface area (Å²) >= 11 is 0. The average molecular weight is 344 g/mol. The third-order valence-electron chi connectivity index (χ3n) is 3.93. The minimum Gasteiger partial charge on any atom is -0.481 e. The molecule has 0 bridgehead atoms. The van der Waals surface area contributed by atoms with E-state index in [0.29, 0.717) is 18.0 Å². The van der Waals surface area contributed by atoms with Crippen molar-refractivity contribution >= 4 is 17.5 Å². The van der Waals surface area contributed by atoms with E-state index in [4.69, 9.17) is 11.2 Å². The Bertz CT molecular complexity index is 633. The van der Waals surface area contributed by atoms with Gasteiger partial charge in [0.1, 0.15) is 12.4 Å². The van der Waals surface area contributed by atoms with Gasteiger partial charge in [0.05, 0.1) is 0 Å². The fraction of sp³-hybridized carbons (Fsp3) is 0.444. The Labute approximate surface area is 148 Å². The maximum Gasteiger partial charge on any atom is 0.313 e. The van der Waals surface area contributed by atoms with Crippen LogP contribution in [0.15, 0.2) is 24.3 Å². The summed E-state index contributed by atoms with van der Waals surface area (Å²) in [6, 6.07) is 6.74. The van der Waals surface area contributed by atoms with Crippen LogP contribution >= 0.6 is 0 Å². The number of terminal acetylenes is 1. The van der Waals surface area contributed by atoms with E-state index < -0.39 is 11.8 Å². The van der Waals surface area contributed by atoms with Crippen LogP contribution in [0.1, 0.15) is 0 Å². The van der Waals surface area contributed by atoms with E-state index >= 15 is 0 Å². The SMILES string of the molecule is C#CCOc1cccc(NC(=O)C(=O)NCCN2CCN(C)CC2)c1. The fourth-order valence-electron chi connectivity index (χ4n) is 2.46. The zero-order valence-electron chi connectivity index (χ0n) is 14.5. The third kappa shape index (κ3) is 6.45. The highest BCUT2D eigenvalue weighted by Gasteiger charge is 2.16. The summed E-state index contributed by atoms with van der Waals surface area (Å²) in [5, 5.41) is 5.20. The second kappa shape index (κ2) is 9.67. The first-order valence-electron chi connectivity index (χ1n) is 8.25. The fourth-order valence-corrected chi connectivity index (χ4v) is 2.46. The summed E-state index contributed by atoms with van der Waals surface area (Å²) in [6.45, 7) is 5.32. The number of amides is 2. The van der Waals surface area contributed by atoms with Crippen molar-refractivity contribution in [2.45, 2.75) is 0 Å². The van der Waals surface area contributed by atoms with Gasteiger partial charge in [0.25, 0.3) is 0 Å². The molecule has 25 heavy (non-hydrogen) atoms. The van der Waals surface area contributed by atoms with Gasteiger partial charge in [-0.3, -0.25) is 14.5 Å². The van der Waals surface area contributed by atoms with Crippen molar-refractivity contribution in [3.63, 3.8) is 0 Å². The number of nitrogens with one attached hydrogen (secondary N) is 2. The summed E-state index contributed by atoms with van der Waals surface area (Å²) in [5.41, 5.74) is 0.480. The number of anilines is 1. The van der Waals surface area contributed by atoms with Crippen LogP contribution in [0.25, 0.3) is 0 Å². The number of likely N-dealkylation sites (N-methyl/N-ethyl adjacent to an activating group) is 1. The summed E-state index contributed by atoms with van der Waals surface area (Å²) < 4.78 is 5.28. The first kappa shape index (κ1) is 18.8. The Balaban J connectivity index is 1.73. The Morgan fingerprint density at radius 2 is 2.00 bits per heavy atom. The Hall–Kier alpha value is -2.56. The number of rotatable bonds is 6. The van der Waals surface area contributed by atoms with Gasteiger partial charge in [0.15, 0.2) is 0 Å². The normalized spacial score (nSPS) is 15.2. The van der Waals surface area contributed by atoms with Crippen LogP contribution < -0.4 is 15.4 Å². The van der Waals surface area contributed by atoms with E-state index in [1.165, 1.54) is 0 Å². The molecule has 0 radical (unpaired) electrons. The first-order valence-corrected chi connectivity index (χ1v) is 8.25. The first-order chi connectivity index (χ1) is 12.1. The van der Waals surface area contributed by atoms with Crippen molar-refractivity contribution in [1.82, 2.24) is 15.1 Å². The maximum absolute atomic E-state index is 11.9. The predicted octanol–water partition coefficient (Wildman–Crippen LogP) is 0.000700. The highest BCUT2D eigenvalue weighted by Crippen LogP contribution is 2.17. The Morgan fingerprint density at radius 3 is 2.72 bits per heavy atom. The average Bonchev–Trinajstić information content (AvgIpc) is 2.62. The Morgan fingerprint density at radius 1 is 1.24 bits per heavy atom. The van der Waals surface area contributed by atoms with Gasteiger partial charge in [-0.15, -0.1) is 6.42 Å². The van der Waals surface area contributed by atoms with E-state index in [9.17, 15) is 9.59 Å². The highest BCUT2D eigenvalue weighted by molar-refractivity contribution is 6.39. The van der Waals surface area contributed by atoms with Gasteiger partial charge in [0.2, 0.25) is 0 Å². The molecule has 2 rings (SSSR count). The molecule has 7 heteroatoms. The van der Waals surface area contributed by atoms with Gasteiger partial charge >= 0.3 is 11.8 Å². The molecule has 0 atom stereocenters. The lowest BCUT2D eigenvalue weighted by Gasteiger charge is -2.32. The van der Waals surface area contributed by atoms with Crippen LogP contribution in [0.2, 0.25) is 0 Å². The summed E-state index contributed by atoms with van der Waals surface area (Å²) in [4.78, 5) is 28.4. The van der Waals surface area contributed by atoms with Crippen LogP contribution in [-0.2, 0) is 9.59 Å². The van der Waals surface area contributed by atoms with E-state index in [1.54, 1.807) is 24.3 Å². The van der Waals surface area contributed by atoms with Gasteiger partial charge in [-0.05, 0) is 19.2 Å². The van der Waals surface area contributed by atoms with E-state index in [-0.39, 0.29) is 6.61 Å². The van der Waals surface area contributed by atoms with Crippen LogP contribution in [0.5, 0.6) is 5.75 Å². The van der Waals surface area contributed by atoms with Crippen molar-refractivity contribution in [1.29, 1.82) is 0 Å². The number of hydrogen-bond acceptors (Lipinski definition) is 5. The van der Waals surface area contributed by atoms with Crippen LogP contribution in [0.3, 0.4) is 0 Å². The number of carbonyl (C=O) groups excluding carboxylic acids is 2. The molecule has 0 aromatic heterocycles. The molecule has 1 heterocycles. The maximum atomic E-state index is 11.9. The molecule has 1 aliphatic rings. The predicted molar refractivity (Wildman–Crippen MR) is 96.3 cm³/mol. The standard InChI is InChI=1S/C18H24N4O3/c1-3-13-25-16-6-4-5-15(14-16)20-18(24)17(23)19-7-8-22-11-9-21(2)10-12-22/h1,4-6,14H,7-13H2,2H3,(H,19,23)(H,20,24).